The van der Waals surface area contributed by atoms with Gasteiger partial charge in [0.1, 0.15) is 0 Å². The summed E-state index contributed by atoms with van der Waals surface area (Å²) in [4.78, 5) is 9.74. The van der Waals surface area contributed by atoms with E-state index in [-0.39, 0.29) is 0 Å². The molecular weight excluding hydrogens is 246 g/mol. The van der Waals surface area contributed by atoms with Crippen molar-refractivity contribution < 1.29 is 0 Å². The molecule has 0 N–H and O–H groups in total. The van der Waals surface area contributed by atoms with Crippen molar-refractivity contribution in [3.8, 4) is 0 Å². The highest BCUT2D eigenvalue weighted by Crippen LogP contribution is 2.25. The van der Waals surface area contributed by atoms with Crippen LogP contribution in [0.4, 0.5) is 0 Å². The average molecular weight is 273 g/mol. The number of piperidine rings is 2. The molecule has 2 fully saturated rings. The number of likely N-dealkylation sites (N-methyl/N-ethyl adjacent to an activating group) is 1. The summed E-state index contributed by atoms with van der Waals surface area (Å²) in [5, 5.41) is 0. The molecule has 0 bridgehead atoms. The van der Waals surface area contributed by atoms with Gasteiger partial charge in [-0.15, -0.1) is 0 Å². The van der Waals surface area contributed by atoms with Crippen molar-refractivity contribution in [2.24, 2.45) is 0 Å². The molecule has 3 heteroatoms. The molecule has 0 spiro atoms. The molecule has 0 aliphatic carbocycles. The molecule has 1 aromatic rings. The number of pyridine rings is 1. The number of hydrogen-bond acceptors (Lipinski definition) is 3. The van der Waals surface area contributed by atoms with Crippen molar-refractivity contribution in [2.75, 3.05) is 33.2 Å². The summed E-state index contributed by atoms with van der Waals surface area (Å²) in [6, 6.07) is 4.56. The zero-order chi connectivity index (χ0) is 13.8. The first-order chi connectivity index (χ1) is 9.81. The number of rotatable bonds is 3. The van der Waals surface area contributed by atoms with Gasteiger partial charge >= 0.3 is 0 Å². The van der Waals surface area contributed by atoms with Crippen LogP contribution >= 0.6 is 0 Å². The van der Waals surface area contributed by atoms with Gasteiger partial charge in [-0.1, -0.05) is 12.5 Å². The molecule has 3 heterocycles. The molecule has 2 saturated heterocycles. The molecule has 20 heavy (non-hydrogen) atoms. The molecule has 2 aliphatic rings. The van der Waals surface area contributed by atoms with E-state index in [9.17, 15) is 0 Å². The molecule has 110 valence electrons. The number of aromatic nitrogens is 1. The summed E-state index contributed by atoms with van der Waals surface area (Å²) in [5.41, 5.74) is 2.67. The molecule has 0 amide bonds. The van der Waals surface area contributed by atoms with Crippen molar-refractivity contribution in [1.82, 2.24) is 14.8 Å². The highest BCUT2D eigenvalue weighted by molar-refractivity contribution is 5.17. The predicted molar refractivity (Wildman–Crippen MR) is 82.8 cm³/mol. The Labute approximate surface area is 123 Å². The molecule has 0 aromatic carbocycles. The van der Waals surface area contributed by atoms with Gasteiger partial charge in [0, 0.05) is 30.9 Å². The summed E-state index contributed by atoms with van der Waals surface area (Å²) in [5.74, 6) is 0.637. The highest BCUT2D eigenvalue weighted by atomic mass is 15.1. The normalized spacial score (nSPS) is 25.8. The molecule has 3 nitrogen and oxygen atoms in total. The number of likely N-dealkylation sites (tertiary alicyclic amines) is 2. The minimum absolute atomic E-state index is 0.637. The van der Waals surface area contributed by atoms with E-state index in [0.717, 1.165) is 6.54 Å². The van der Waals surface area contributed by atoms with E-state index < -0.39 is 0 Å². The van der Waals surface area contributed by atoms with Crippen molar-refractivity contribution in [2.45, 2.75) is 44.6 Å². The monoisotopic (exact) mass is 273 g/mol. The molecule has 2 aliphatic heterocycles. The number of hydrogen-bond donors (Lipinski definition) is 0. The second kappa shape index (κ2) is 6.68. The van der Waals surface area contributed by atoms with Gasteiger partial charge in [-0.05, 0) is 64.0 Å². The standard InChI is InChI=1S/C17H27N3/c1-19-9-5-6-16(14-19)17-8-7-15(12-18-17)13-20-10-3-2-4-11-20/h7-8,12,16H,2-6,9-11,13-14H2,1H3. The van der Waals surface area contributed by atoms with Gasteiger partial charge in [0.05, 0.1) is 0 Å². The molecule has 1 aromatic heterocycles. The van der Waals surface area contributed by atoms with E-state index in [1.165, 1.54) is 69.5 Å². The molecule has 3 rings (SSSR count). The van der Waals surface area contributed by atoms with Gasteiger partial charge in [-0.3, -0.25) is 9.88 Å². The Balaban J connectivity index is 1.59. The fourth-order valence-electron chi connectivity index (χ4n) is 3.55. The van der Waals surface area contributed by atoms with Crippen molar-refractivity contribution in [1.29, 1.82) is 0 Å². The number of nitrogens with zero attached hydrogens (tertiary/aromatic N) is 3. The summed E-state index contributed by atoms with van der Waals surface area (Å²) in [7, 11) is 2.22. The lowest BCUT2D eigenvalue weighted by Crippen LogP contribution is -2.31. The third kappa shape index (κ3) is 3.58. The molecule has 1 atom stereocenters. The van der Waals surface area contributed by atoms with Crippen molar-refractivity contribution >= 4 is 0 Å². The van der Waals surface area contributed by atoms with E-state index in [1.54, 1.807) is 0 Å². The fourth-order valence-corrected chi connectivity index (χ4v) is 3.55. The van der Waals surface area contributed by atoms with E-state index in [0.29, 0.717) is 5.92 Å². The Kier molecular flexibility index (Phi) is 4.69. The fraction of sp³-hybridized carbons (Fsp3) is 0.706. The van der Waals surface area contributed by atoms with Crippen molar-refractivity contribution in [3.05, 3.63) is 29.6 Å². The Bertz CT molecular complexity index is 409. The minimum Gasteiger partial charge on any atom is -0.306 e. The molecule has 1 unspecified atom stereocenters. The van der Waals surface area contributed by atoms with Crippen LogP contribution in [0.1, 0.15) is 49.3 Å². The quantitative estimate of drug-likeness (QED) is 0.844. The van der Waals surface area contributed by atoms with Gasteiger partial charge in [0.2, 0.25) is 0 Å². The van der Waals surface area contributed by atoms with Crippen LogP contribution in [0.2, 0.25) is 0 Å². The van der Waals surface area contributed by atoms with Crippen LogP contribution in [-0.4, -0.2) is 48.0 Å². The summed E-state index contributed by atoms with van der Waals surface area (Å²) in [6.45, 7) is 6.00. The van der Waals surface area contributed by atoms with Crippen LogP contribution in [0.3, 0.4) is 0 Å². The Morgan fingerprint density at radius 3 is 2.65 bits per heavy atom. The first-order valence-corrected chi connectivity index (χ1v) is 8.17. The van der Waals surface area contributed by atoms with Crippen LogP contribution in [0.5, 0.6) is 0 Å². The maximum absolute atomic E-state index is 4.75. The first kappa shape index (κ1) is 14.0. The lowest BCUT2D eigenvalue weighted by atomic mass is 9.94. The van der Waals surface area contributed by atoms with Crippen molar-refractivity contribution in [3.63, 3.8) is 0 Å². The van der Waals surface area contributed by atoms with Crippen LogP contribution in [0, 0.1) is 0 Å². The van der Waals surface area contributed by atoms with Gasteiger partial charge in [0.25, 0.3) is 0 Å². The zero-order valence-electron chi connectivity index (χ0n) is 12.7. The third-order valence-corrected chi connectivity index (χ3v) is 4.75. The first-order valence-electron chi connectivity index (χ1n) is 8.17. The van der Waals surface area contributed by atoms with E-state index in [4.69, 9.17) is 4.98 Å². The Hall–Kier alpha value is -0.930. The summed E-state index contributed by atoms with van der Waals surface area (Å²) in [6.07, 6.45) is 8.84. The SMILES string of the molecule is CN1CCCC(c2ccc(CN3CCCCC3)cn2)C1. The van der Waals surface area contributed by atoms with Crippen LogP contribution < -0.4 is 0 Å². The summed E-state index contributed by atoms with van der Waals surface area (Å²) < 4.78 is 0. The van der Waals surface area contributed by atoms with E-state index in [2.05, 4.69) is 35.2 Å². The van der Waals surface area contributed by atoms with E-state index in [1.807, 2.05) is 0 Å². The van der Waals surface area contributed by atoms with Crippen LogP contribution in [0.15, 0.2) is 18.3 Å². The average Bonchev–Trinajstić information content (AvgIpc) is 2.49. The summed E-state index contributed by atoms with van der Waals surface area (Å²) >= 11 is 0. The van der Waals surface area contributed by atoms with Gasteiger partial charge < -0.3 is 4.90 Å². The molecule has 0 radical (unpaired) electrons. The maximum atomic E-state index is 4.75. The lowest BCUT2D eigenvalue weighted by Gasteiger charge is -2.29. The second-order valence-corrected chi connectivity index (χ2v) is 6.53. The maximum Gasteiger partial charge on any atom is 0.0447 e. The predicted octanol–water partition coefficient (Wildman–Crippen LogP) is 2.88. The zero-order valence-corrected chi connectivity index (χ0v) is 12.7. The second-order valence-electron chi connectivity index (χ2n) is 6.53. The topological polar surface area (TPSA) is 19.4 Å². The smallest absolute Gasteiger partial charge is 0.0447 e. The van der Waals surface area contributed by atoms with Gasteiger partial charge in [-0.25, -0.2) is 0 Å². The Morgan fingerprint density at radius 2 is 1.95 bits per heavy atom. The molecular formula is C17H27N3. The lowest BCUT2D eigenvalue weighted by molar-refractivity contribution is 0.220. The van der Waals surface area contributed by atoms with E-state index >= 15 is 0 Å². The highest BCUT2D eigenvalue weighted by Gasteiger charge is 2.20. The van der Waals surface area contributed by atoms with Crippen LogP contribution in [-0.2, 0) is 6.54 Å². The van der Waals surface area contributed by atoms with Gasteiger partial charge in [-0.2, -0.15) is 0 Å². The van der Waals surface area contributed by atoms with Crippen LogP contribution in [0.25, 0.3) is 0 Å². The largest absolute Gasteiger partial charge is 0.306 e. The minimum atomic E-state index is 0.637. The third-order valence-electron chi connectivity index (χ3n) is 4.75. The Morgan fingerprint density at radius 1 is 1.10 bits per heavy atom. The van der Waals surface area contributed by atoms with Gasteiger partial charge in [0.15, 0.2) is 0 Å². The molecule has 0 saturated carbocycles.